The number of hydrogen-bond acceptors (Lipinski definition) is 4. The molecule has 5 aromatic rings. The Morgan fingerprint density at radius 3 is 2.39 bits per heavy atom. The van der Waals surface area contributed by atoms with Crippen LogP contribution in [0.25, 0.3) is 16.6 Å². The number of phenols is 1. The molecular formula is C26H22N4O. The van der Waals surface area contributed by atoms with E-state index in [1.807, 2.05) is 73.9 Å². The quantitative estimate of drug-likeness (QED) is 0.397. The van der Waals surface area contributed by atoms with Crippen molar-refractivity contribution in [3.63, 3.8) is 0 Å². The Balaban J connectivity index is 1.61. The van der Waals surface area contributed by atoms with E-state index in [0.29, 0.717) is 5.52 Å². The lowest BCUT2D eigenvalue weighted by atomic mass is 9.96. The van der Waals surface area contributed by atoms with Crippen molar-refractivity contribution in [1.29, 1.82) is 0 Å². The van der Waals surface area contributed by atoms with Crippen LogP contribution in [0, 0.1) is 6.92 Å². The fraction of sp³-hybridized carbons (Fsp3) is 0.0769. The number of nitrogens with one attached hydrogen (secondary N) is 1. The van der Waals surface area contributed by atoms with Gasteiger partial charge in [-0.2, -0.15) is 0 Å². The Hall–Kier alpha value is -4.12. The van der Waals surface area contributed by atoms with E-state index < -0.39 is 0 Å². The number of aryl methyl sites for hydroxylation is 1. The second-order valence-electron chi connectivity index (χ2n) is 7.50. The maximum atomic E-state index is 11.2. The summed E-state index contributed by atoms with van der Waals surface area (Å²) in [5, 5.41) is 15.6. The molecule has 3 heterocycles. The largest absolute Gasteiger partial charge is 0.505 e. The number of benzene rings is 2. The van der Waals surface area contributed by atoms with Crippen LogP contribution >= 0.6 is 0 Å². The van der Waals surface area contributed by atoms with Gasteiger partial charge in [-0.25, -0.2) is 9.97 Å². The van der Waals surface area contributed by atoms with Crippen molar-refractivity contribution < 1.29 is 5.11 Å². The van der Waals surface area contributed by atoms with E-state index in [4.69, 9.17) is 0 Å². The molecular weight excluding hydrogens is 384 g/mol. The maximum absolute atomic E-state index is 11.2. The standard InChI is InChI=1S/C26H22N4O/c1-18-7-8-20-11-14-22(26(31)25(20)28-18)24(29-23-6-2-3-15-27-23)19-9-12-21(13-10-19)30-16-4-5-17-30/h2-17,24,31H,1H3,(H,27,29). The van der Waals surface area contributed by atoms with Gasteiger partial charge in [-0.05, 0) is 55.0 Å². The van der Waals surface area contributed by atoms with E-state index in [-0.39, 0.29) is 11.8 Å². The molecule has 0 saturated carbocycles. The monoisotopic (exact) mass is 406 g/mol. The fourth-order valence-corrected chi connectivity index (χ4v) is 3.80. The molecule has 31 heavy (non-hydrogen) atoms. The third-order valence-electron chi connectivity index (χ3n) is 5.40. The second kappa shape index (κ2) is 7.95. The zero-order valence-corrected chi connectivity index (χ0v) is 17.1. The summed E-state index contributed by atoms with van der Waals surface area (Å²) < 4.78 is 2.06. The van der Waals surface area contributed by atoms with Crippen molar-refractivity contribution in [2.24, 2.45) is 0 Å². The lowest BCUT2D eigenvalue weighted by molar-refractivity contribution is 0.471. The molecule has 5 nitrogen and oxygen atoms in total. The number of rotatable bonds is 5. The van der Waals surface area contributed by atoms with Gasteiger partial charge < -0.3 is 15.0 Å². The van der Waals surface area contributed by atoms with Crippen LogP contribution in [0.4, 0.5) is 5.82 Å². The molecule has 1 atom stereocenters. The first kappa shape index (κ1) is 18.9. The van der Waals surface area contributed by atoms with Crippen LogP contribution < -0.4 is 5.32 Å². The highest BCUT2D eigenvalue weighted by molar-refractivity contribution is 5.86. The number of anilines is 1. The Labute approximate surface area is 180 Å². The van der Waals surface area contributed by atoms with Crippen molar-refractivity contribution in [2.75, 3.05) is 5.32 Å². The lowest BCUT2D eigenvalue weighted by Crippen LogP contribution is -2.14. The summed E-state index contributed by atoms with van der Waals surface area (Å²) in [4.78, 5) is 8.99. The van der Waals surface area contributed by atoms with Crippen LogP contribution in [-0.2, 0) is 0 Å². The summed E-state index contributed by atoms with van der Waals surface area (Å²) in [6, 6.07) is 25.6. The van der Waals surface area contributed by atoms with Crippen molar-refractivity contribution in [3.05, 3.63) is 114 Å². The minimum absolute atomic E-state index is 0.184. The molecule has 0 aliphatic rings. The summed E-state index contributed by atoms with van der Waals surface area (Å²) in [6.45, 7) is 1.93. The van der Waals surface area contributed by atoms with E-state index in [9.17, 15) is 5.11 Å². The van der Waals surface area contributed by atoms with Crippen LogP contribution in [0.15, 0.2) is 97.5 Å². The zero-order chi connectivity index (χ0) is 21.2. The molecule has 0 spiro atoms. The SMILES string of the molecule is Cc1ccc2ccc(C(Nc3ccccn3)c3ccc(-n4cccc4)cc3)c(O)c2n1. The number of fused-ring (bicyclic) bond motifs is 1. The van der Waals surface area contributed by atoms with E-state index in [1.54, 1.807) is 6.20 Å². The van der Waals surface area contributed by atoms with E-state index in [2.05, 4.69) is 44.1 Å². The van der Waals surface area contributed by atoms with Crippen LogP contribution in [-0.4, -0.2) is 19.6 Å². The van der Waals surface area contributed by atoms with Gasteiger partial charge in [0.2, 0.25) is 0 Å². The number of hydrogen-bond donors (Lipinski definition) is 2. The fourth-order valence-electron chi connectivity index (χ4n) is 3.80. The smallest absolute Gasteiger partial charge is 0.147 e. The third kappa shape index (κ3) is 3.73. The van der Waals surface area contributed by atoms with Crippen molar-refractivity contribution in [2.45, 2.75) is 13.0 Å². The summed E-state index contributed by atoms with van der Waals surface area (Å²) in [5.41, 5.74) is 4.32. The number of aromatic hydroxyl groups is 1. The molecule has 5 rings (SSSR count). The highest BCUT2D eigenvalue weighted by Crippen LogP contribution is 2.36. The van der Waals surface area contributed by atoms with Crippen molar-refractivity contribution in [1.82, 2.24) is 14.5 Å². The Bertz CT molecular complexity index is 1310. The molecule has 152 valence electrons. The van der Waals surface area contributed by atoms with Crippen LogP contribution in [0.5, 0.6) is 5.75 Å². The number of nitrogens with zero attached hydrogens (tertiary/aromatic N) is 3. The molecule has 3 aromatic heterocycles. The van der Waals surface area contributed by atoms with E-state index >= 15 is 0 Å². The van der Waals surface area contributed by atoms with Crippen LogP contribution in [0.3, 0.4) is 0 Å². The lowest BCUT2D eigenvalue weighted by Gasteiger charge is -2.22. The molecule has 0 fully saturated rings. The molecule has 1 unspecified atom stereocenters. The average Bonchev–Trinajstić information content (AvgIpc) is 3.34. The van der Waals surface area contributed by atoms with Gasteiger partial charge in [-0.15, -0.1) is 0 Å². The van der Waals surface area contributed by atoms with Gasteiger partial charge in [-0.3, -0.25) is 0 Å². The van der Waals surface area contributed by atoms with Crippen molar-refractivity contribution >= 4 is 16.7 Å². The van der Waals surface area contributed by atoms with Gasteiger partial charge >= 0.3 is 0 Å². The average molecular weight is 406 g/mol. The molecule has 0 bridgehead atoms. The molecule has 2 aromatic carbocycles. The first-order valence-electron chi connectivity index (χ1n) is 10.2. The molecule has 0 aliphatic carbocycles. The summed E-state index contributed by atoms with van der Waals surface area (Å²) in [6.07, 6.45) is 5.78. The summed E-state index contributed by atoms with van der Waals surface area (Å²) in [7, 11) is 0. The van der Waals surface area contributed by atoms with Crippen molar-refractivity contribution in [3.8, 4) is 11.4 Å². The number of phenolic OH excluding ortho intramolecular Hbond substituents is 1. The van der Waals surface area contributed by atoms with Gasteiger partial charge in [-0.1, -0.05) is 36.4 Å². The molecule has 2 N–H and O–H groups in total. The van der Waals surface area contributed by atoms with Gasteiger partial charge in [0, 0.05) is 40.9 Å². The Morgan fingerprint density at radius 2 is 1.65 bits per heavy atom. The summed E-state index contributed by atoms with van der Waals surface area (Å²) >= 11 is 0. The number of aromatic nitrogens is 3. The van der Waals surface area contributed by atoms with Gasteiger partial charge in [0.05, 0.1) is 6.04 Å². The van der Waals surface area contributed by atoms with Crippen LogP contribution in [0.2, 0.25) is 0 Å². The zero-order valence-electron chi connectivity index (χ0n) is 17.1. The molecule has 0 radical (unpaired) electrons. The highest BCUT2D eigenvalue weighted by Gasteiger charge is 2.20. The predicted molar refractivity (Wildman–Crippen MR) is 124 cm³/mol. The Morgan fingerprint density at radius 1 is 0.871 bits per heavy atom. The molecule has 5 heteroatoms. The molecule has 0 saturated heterocycles. The number of pyridine rings is 2. The van der Waals surface area contributed by atoms with Gasteiger partial charge in [0.25, 0.3) is 0 Å². The molecule has 0 amide bonds. The third-order valence-corrected chi connectivity index (χ3v) is 5.40. The minimum Gasteiger partial charge on any atom is -0.505 e. The second-order valence-corrected chi connectivity index (χ2v) is 7.50. The first-order valence-corrected chi connectivity index (χ1v) is 10.2. The topological polar surface area (TPSA) is 63.0 Å². The van der Waals surface area contributed by atoms with Crippen LogP contribution in [0.1, 0.15) is 22.9 Å². The Kier molecular flexibility index (Phi) is 4.84. The van der Waals surface area contributed by atoms with E-state index in [0.717, 1.165) is 33.7 Å². The predicted octanol–water partition coefficient (Wildman–Crippen LogP) is 5.64. The first-order chi connectivity index (χ1) is 15.2. The van der Waals surface area contributed by atoms with Gasteiger partial charge in [0.15, 0.2) is 0 Å². The minimum atomic E-state index is -0.291. The highest BCUT2D eigenvalue weighted by atomic mass is 16.3. The summed E-state index contributed by atoms with van der Waals surface area (Å²) in [5.74, 6) is 0.919. The van der Waals surface area contributed by atoms with E-state index in [1.165, 1.54) is 0 Å². The normalized spacial score (nSPS) is 12.0. The van der Waals surface area contributed by atoms with Gasteiger partial charge in [0.1, 0.15) is 17.1 Å². The molecule has 0 aliphatic heterocycles. The maximum Gasteiger partial charge on any atom is 0.147 e.